The summed E-state index contributed by atoms with van der Waals surface area (Å²) < 4.78 is 15.9. The molecule has 32 heavy (non-hydrogen) atoms. The normalized spacial score (nSPS) is 10.8. The zero-order valence-electron chi connectivity index (χ0n) is 17.7. The Balaban J connectivity index is 1.53. The second-order valence-electron chi connectivity index (χ2n) is 6.79. The van der Waals surface area contributed by atoms with Gasteiger partial charge in [-0.1, -0.05) is 60.0 Å². The second-order valence-corrected chi connectivity index (χ2v) is 7.20. The monoisotopic (exact) mass is 452 g/mol. The summed E-state index contributed by atoms with van der Waals surface area (Å²) in [6, 6.07) is 17.0. The Morgan fingerprint density at radius 1 is 0.969 bits per heavy atom. The molecular formula is C25H25ClN2O4. The molecule has 0 aliphatic heterocycles. The molecule has 1 heterocycles. The Kier molecular flexibility index (Phi) is 9.48. The van der Waals surface area contributed by atoms with Crippen LogP contribution in [-0.2, 0) is 14.2 Å². The summed E-state index contributed by atoms with van der Waals surface area (Å²) in [5, 5.41) is 5.28. The lowest BCUT2D eigenvalue weighted by Crippen LogP contribution is -2.28. The van der Waals surface area contributed by atoms with Crippen molar-refractivity contribution in [1.29, 1.82) is 0 Å². The third kappa shape index (κ3) is 6.78. The molecule has 0 bridgehead atoms. The SMILES string of the molecule is C#CCOCCOCCOCCNC(=O)c1cc2ccccc2c(-c2ccccc2Cl)n1. The minimum atomic E-state index is -0.269. The van der Waals surface area contributed by atoms with Crippen LogP contribution in [0.1, 0.15) is 10.5 Å². The van der Waals surface area contributed by atoms with E-state index in [2.05, 4.69) is 16.2 Å². The Morgan fingerprint density at radius 2 is 1.66 bits per heavy atom. The molecule has 0 unspecified atom stereocenters. The third-order valence-corrected chi connectivity index (χ3v) is 4.89. The lowest BCUT2D eigenvalue weighted by molar-refractivity contribution is 0.0209. The van der Waals surface area contributed by atoms with Crippen molar-refractivity contribution in [3.05, 3.63) is 65.3 Å². The van der Waals surface area contributed by atoms with E-state index < -0.39 is 0 Å². The molecule has 2 aromatic carbocycles. The number of fused-ring (bicyclic) bond motifs is 1. The quantitative estimate of drug-likeness (QED) is 0.332. The van der Waals surface area contributed by atoms with Gasteiger partial charge in [-0.2, -0.15) is 0 Å². The topological polar surface area (TPSA) is 69.7 Å². The Morgan fingerprint density at radius 3 is 2.44 bits per heavy atom. The number of hydrogen-bond acceptors (Lipinski definition) is 5. The maximum atomic E-state index is 12.7. The van der Waals surface area contributed by atoms with E-state index in [9.17, 15) is 4.79 Å². The number of nitrogens with zero attached hydrogens (tertiary/aromatic N) is 1. The molecule has 6 nitrogen and oxygen atoms in total. The molecule has 166 valence electrons. The first-order chi connectivity index (χ1) is 15.7. The molecule has 0 spiro atoms. The maximum Gasteiger partial charge on any atom is 0.270 e. The molecule has 0 aliphatic carbocycles. The molecule has 3 aromatic rings. The van der Waals surface area contributed by atoms with E-state index in [1.807, 2.05) is 48.5 Å². The predicted octanol–water partition coefficient (Wildman–Crippen LogP) is 3.97. The smallest absolute Gasteiger partial charge is 0.270 e. The number of carbonyl (C=O) groups is 1. The van der Waals surface area contributed by atoms with Gasteiger partial charge in [-0.3, -0.25) is 4.79 Å². The van der Waals surface area contributed by atoms with E-state index in [1.54, 1.807) is 6.07 Å². The highest BCUT2D eigenvalue weighted by atomic mass is 35.5. The van der Waals surface area contributed by atoms with Crippen LogP contribution < -0.4 is 5.32 Å². The van der Waals surface area contributed by atoms with Gasteiger partial charge in [0.2, 0.25) is 0 Å². The number of halogens is 1. The summed E-state index contributed by atoms with van der Waals surface area (Å²) >= 11 is 6.40. The van der Waals surface area contributed by atoms with Gasteiger partial charge in [-0.25, -0.2) is 4.98 Å². The maximum absolute atomic E-state index is 12.7. The standard InChI is InChI=1S/C25H25ClN2O4/c1-2-12-30-14-16-32-17-15-31-13-11-27-25(29)23-18-19-7-3-4-8-20(19)24(28-23)21-9-5-6-10-22(21)26/h1,3-10,18H,11-17H2,(H,27,29). The van der Waals surface area contributed by atoms with Gasteiger partial charge in [0.1, 0.15) is 12.3 Å². The fourth-order valence-electron chi connectivity index (χ4n) is 3.07. The fraction of sp³-hybridized carbons (Fsp3) is 0.280. The van der Waals surface area contributed by atoms with Gasteiger partial charge in [0.05, 0.1) is 38.7 Å². The van der Waals surface area contributed by atoms with Crippen LogP contribution >= 0.6 is 11.6 Å². The van der Waals surface area contributed by atoms with E-state index in [0.29, 0.717) is 56.0 Å². The predicted molar refractivity (Wildman–Crippen MR) is 126 cm³/mol. The Labute approximate surface area is 192 Å². The molecule has 0 saturated heterocycles. The number of rotatable bonds is 12. The first kappa shape index (κ1) is 23.7. The highest BCUT2D eigenvalue weighted by Crippen LogP contribution is 2.32. The molecule has 1 aromatic heterocycles. The molecule has 0 saturated carbocycles. The summed E-state index contributed by atoms with van der Waals surface area (Å²) in [5.41, 5.74) is 1.79. The largest absolute Gasteiger partial charge is 0.377 e. The molecule has 1 N–H and O–H groups in total. The van der Waals surface area contributed by atoms with Crippen LogP contribution in [-0.4, -0.2) is 57.1 Å². The number of ether oxygens (including phenoxy) is 3. The molecule has 0 radical (unpaired) electrons. The van der Waals surface area contributed by atoms with Crippen molar-refractivity contribution in [2.45, 2.75) is 0 Å². The Hall–Kier alpha value is -2.95. The van der Waals surface area contributed by atoms with E-state index >= 15 is 0 Å². The summed E-state index contributed by atoms with van der Waals surface area (Å²) in [7, 11) is 0. The molecule has 1 amide bonds. The van der Waals surface area contributed by atoms with Crippen molar-refractivity contribution in [1.82, 2.24) is 10.3 Å². The summed E-state index contributed by atoms with van der Waals surface area (Å²) in [5.74, 6) is 2.12. The number of terminal acetylenes is 1. The van der Waals surface area contributed by atoms with E-state index in [0.717, 1.165) is 16.3 Å². The lowest BCUT2D eigenvalue weighted by Gasteiger charge is -2.11. The van der Waals surface area contributed by atoms with Crippen LogP contribution in [0.5, 0.6) is 0 Å². The van der Waals surface area contributed by atoms with Crippen LogP contribution in [0, 0.1) is 12.3 Å². The van der Waals surface area contributed by atoms with Gasteiger partial charge in [0, 0.05) is 22.5 Å². The van der Waals surface area contributed by atoms with Crippen molar-refractivity contribution in [2.75, 3.05) is 46.2 Å². The molecule has 7 heteroatoms. The van der Waals surface area contributed by atoms with Gasteiger partial charge in [0.15, 0.2) is 0 Å². The van der Waals surface area contributed by atoms with Gasteiger partial charge in [0.25, 0.3) is 5.91 Å². The zero-order chi connectivity index (χ0) is 22.6. The van der Waals surface area contributed by atoms with E-state index in [1.165, 1.54) is 0 Å². The summed E-state index contributed by atoms with van der Waals surface area (Å²) in [4.78, 5) is 17.3. The number of pyridine rings is 1. The van der Waals surface area contributed by atoms with Crippen molar-refractivity contribution in [2.24, 2.45) is 0 Å². The van der Waals surface area contributed by atoms with Crippen LogP contribution in [0.15, 0.2) is 54.6 Å². The first-order valence-corrected chi connectivity index (χ1v) is 10.7. The molecule has 3 rings (SSSR count). The minimum Gasteiger partial charge on any atom is -0.377 e. The van der Waals surface area contributed by atoms with Crippen LogP contribution in [0.2, 0.25) is 5.02 Å². The molecule has 0 fully saturated rings. The number of benzene rings is 2. The van der Waals surface area contributed by atoms with Gasteiger partial charge in [-0.05, 0) is 17.5 Å². The third-order valence-electron chi connectivity index (χ3n) is 4.56. The Bertz CT molecular complexity index is 1080. The van der Waals surface area contributed by atoms with Gasteiger partial charge < -0.3 is 19.5 Å². The van der Waals surface area contributed by atoms with Crippen molar-refractivity contribution in [3.63, 3.8) is 0 Å². The number of aromatic nitrogens is 1. The van der Waals surface area contributed by atoms with Gasteiger partial charge >= 0.3 is 0 Å². The van der Waals surface area contributed by atoms with Crippen molar-refractivity contribution in [3.8, 4) is 23.6 Å². The van der Waals surface area contributed by atoms with Crippen LogP contribution in [0.3, 0.4) is 0 Å². The molecule has 0 aliphatic rings. The number of nitrogens with one attached hydrogen (secondary N) is 1. The average molecular weight is 453 g/mol. The second kappa shape index (κ2) is 12.8. The average Bonchev–Trinajstić information content (AvgIpc) is 2.82. The summed E-state index contributed by atoms with van der Waals surface area (Å²) in [6.07, 6.45) is 5.09. The first-order valence-electron chi connectivity index (χ1n) is 10.3. The molecular weight excluding hydrogens is 428 g/mol. The van der Waals surface area contributed by atoms with Crippen molar-refractivity contribution < 1.29 is 19.0 Å². The summed E-state index contributed by atoms with van der Waals surface area (Å²) in [6.45, 7) is 2.80. The number of amides is 1. The lowest BCUT2D eigenvalue weighted by atomic mass is 10.0. The fourth-order valence-corrected chi connectivity index (χ4v) is 3.30. The van der Waals surface area contributed by atoms with Gasteiger partial charge in [-0.15, -0.1) is 6.42 Å². The van der Waals surface area contributed by atoms with E-state index in [-0.39, 0.29) is 12.5 Å². The van der Waals surface area contributed by atoms with Crippen LogP contribution in [0.4, 0.5) is 0 Å². The zero-order valence-corrected chi connectivity index (χ0v) is 18.4. The van der Waals surface area contributed by atoms with Crippen molar-refractivity contribution >= 4 is 28.3 Å². The van der Waals surface area contributed by atoms with E-state index in [4.69, 9.17) is 32.2 Å². The highest BCUT2D eigenvalue weighted by Gasteiger charge is 2.14. The van der Waals surface area contributed by atoms with Crippen LogP contribution in [0.25, 0.3) is 22.0 Å². The minimum absolute atomic E-state index is 0.269. The highest BCUT2D eigenvalue weighted by molar-refractivity contribution is 6.33. The number of carbonyl (C=O) groups excluding carboxylic acids is 1. The molecule has 0 atom stereocenters. The number of hydrogen-bond donors (Lipinski definition) is 1.